The number of ether oxygens (including phenoxy) is 1. The van der Waals surface area contributed by atoms with Gasteiger partial charge < -0.3 is 9.64 Å². The quantitative estimate of drug-likeness (QED) is 0.437. The molecule has 0 radical (unpaired) electrons. The lowest BCUT2D eigenvalue weighted by Crippen LogP contribution is -2.49. The first kappa shape index (κ1) is 19.8. The van der Waals surface area contributed by atoms with E-state index in [1.807, 2.05) is 0 Å². The third-order valence-corrected chi connectivity index (χ3v) is 4.17. The molecule has 0 N–H and O–H groups in total. The zero-order valence-corrected chi connectivity index (χ0v) is 15.4. The van der Waals surface area contributed by atoms with Gasteiger partial charge in [-0.2, -0.15) is 0 Å². The van der Waals surface area contributed by atoms with Gasteiger partial charge in [-0.1, -0.05) is 13.8 Å². The van der Waals surface area contributed by atoms with Crippen molar-refractivity contribution in [3.63, 3.8) is 0 Å². The molecule has 1 amide bonds. The number of hydrogen-bond donors (Lipinski definition) is 0. The number of benzene rings is 1. The van der Waals surface area contributed by atoms with Gasteiger partial charge in [0.2, 0.25) is 0 Å². The fourth-order valence-electron chi connectivity index (χ4n) is 3.00. The van der Waals surface area contributed by atoms with Gasteiger partial charge in [-0.15, -0.1) is 0 Å². The SMILES string of the molecule is CCOC(=O)c1cc(C(=O)N2CCN(CC(C)C)CC2)cc([N+](=O)[O-])c1. The molecule has 0 unspecified atom stereocenters. The van der Waals surface area contributed by atoms with Crippen LogP contribution in [0, 0.1) is 16.0 Å². The molecule has 1 fully saturated rings. The molecular formula is C18H25N3O5. The van der Waals surface area contributed by atoms with Crippen molar-refractivity contribution in [1.29, 1.82) is 0 Å². The maximum Gasteiger partial charge on any atom is 0.338 e. The minimum atomic E-state index is -0.674. The Bertz CT molecular complexity index is 681. The molecule has 26 heavy (non-hydrogen) atoms. The highest BCUT2D eigenvalue weighted by Gasteiger charge is 2.25. The summed E-state index contributed by atoms with van der Waals surface area (Å²) in [7, 11) is 0. The van der Waals surface area contributed by atoms with Crippen LogP contribution in [0.25, 0.3) is 0 Å². The number of esters is 1. The molecule has 0 aromatic heterocycles. The maximum absolute atomic E-state index is 12.8. The minimum Gasteiger partial charge on any atom is -0.462 e. The van der Waals surface area contributed by atoms with E-state index in [1.165, 1.54) is 12.1 Å². The van der Waals surface area contributed by atoms with E-state index in [0.29, 0.717) is 19.0 Å². The summed E-state index contributed by atoms with van der Waals surface area (Å²) in [5.41, 5.74) is -0.139. The van der Waals surface area contributed by atoms with Gasteiger partial charge in [-0.25, -0.2) is 4.79 Å². The van der Waals surface area contributed by atoms with Crippen LogP contribution in [0.2, 0.25) is 0 Å². The number of rotatable bonds is 6. The van der Waals surface area contributed by atoms with Crippen molar-refractivity contribution < 1.29 is 19.2 Å². The summed E-state index contributed by atoms with van der Waals surface area (Å²) in [5.74, 6) is -0.420. The van der Waals surface area contributed by atoms with Crippen LogP contribution in [0.15, 0.2) is 18.2 Å². The van der Waals surface area contributed by atoms with Crippen molar-refractivity contribution >= 4 is 17.6 Å². The highest BCUT2D eigenvalue weighted by Crippen LogP contribution is 2.20. The molecule has 0 spiro atoms. The molecule has 0 saturated carbocycles. The monoisotopic (exact) mass is 363 g/mol. The average Bonchev–Trinajstić information content (AvgIpc) is 2.61. The fraction of sp³-hybridized carbons (Fsp3) is 0.556. The van der Waals surface area contributed by atoms with E-state index in [1.54, 1.807) is 11.8 Å². The summed E-state index contributed by atoms with van der Waals surface area (Å²) >= 11 is 0. The van der Waals surface area contributed by atoms with Crippen LogP contribution < -0.4 is 0 Å². The number of non-ortho nitro benzene ring substituents is 1. The van der Waals surface area contributed by atoms with Crippen molar-refractivity contribution in [3.8, 4) is 0 Å². The van der Waals surface area contributed by atoms with Gasteiger partial charge >= 0.3 is 5.97 Å². The minimum absolute atomic E-state index is 0.0165. The Morgan fingerprint density at radius 2 is 1.77 bits per heavy atom. The van der Waals surface area contributed by atoms with Crippen LogP contribution in [0.5, 0.6) is 0 Å². The van der Waals surface area contributed by atoms with Crippen molar-refractivity contribution in [1.82, 2.24) is 9.80 Å². The largest absolute Gasteiger partial charge is 0.462 e. The Kier molecular flexibility index (Phi) is 6.68. The number of carbonyl (C=O) groups excluding carboxylic acids is 2. The summed E-state index contributed by atoms with van der Waals surface area (Å²) in [6, 6.07) is 3.72. The maximum atomic E-state index is 12.8. The molecule has 1 saturated heterocycles. The van der Waals surface area contributed by atoms with Gasteiger partial charge in [0.1, 0.15) is 0 Å². The normalized spacial score (nSPS) is 15.2. The molecule has 8 heteroatoms. The first-order valence-electron chi connectivity index (χ1n) is 8.80. The van der Waals surface area contributed by atoms with Gasteiger partial charge in [0, 0.05) is 50.4 Å². The molecule has 1 aliphatic heterocycles. The summed E-state index contributed by atoms with van der Waals surface area (Å²) in [5, 5.41) is 11.2. The second-order valence-corrected chi connectivity index (χ2v) is 6.73. The van der Waals surface area contributed by atoms with Crippen LogP contribution in [0.4, 0.5) is 5.69 Å². The number of nitro benzene ring substituents is 1. The first-order chi connectivity index (χ1) is 12.3. The summed E-state index contributed by atoms with van der Waals surface area (Å²) < 4.78 is 4.90. The number of nitro groups is 1. The Balaban J connectivity index is 2.17. The highest BCUT2D eigenvalue weighted by atomic mass is 16.6. The van der Waals surface area contributed by atoms with E-state index in [9.17, 15) is 19.7 Å². The second kappa shape index (κ2) is 8.75. The van der Waals surface area contributed by atoms with Crippen molar-refractivity contribution in [2.75, 3.05) is 39.3 Å². The van der Waals surface area contributed by atoms with Gasteiger partial charge in [0.15, 0.2) is 0 Å². The van der Waals surface area contributed by atoms with E-state index >= 15 is 0 Å². The Hall–Kier alpha value is -2.48. The van der Waals surface area contributed by atoms with Crippen LogP contribution >= 0.6 is 0 Å². The van der Waals surface area contributed by atoms with Gasteiger partial charge in [-0.05, 0) is 18.9 Å². The smallest absolute Gasteiger partial charge is 0.338 e. The number of amides is 1. The van der Waals surface area contributed by atoms with Crippen molar-refractivity contribution in [2.24, 2.45) is 5.92 Å². The standard InChI is InChI=1S/C18H25N3O5/c1-4-26-18(23)15-9-14(10-16(11-15)21(24)25)17(22)20-7-5-19(6-8-20)12-13(2)3/h9-11,13H,4-8,12H2,1-3H3. The van der Waals surface area contributed by atoms with Crippen LogP contribution in [0.3, 0.4) is 0 Å². The summed E-state index contributed by atoms with van der Waals surface area (Å²) in [6.45, 7) is 9.74. The van der Waals surface area contributed by atoms with Crippen molar-refractivity contribution in [3.05, 3.63) is 39.4 Å². The molecule has 1 aromatic rings. The Morgan fingerprint density at radius 1 is 1.15 bits per heavy atom. The topological polar surface area (TPSA) is 93.0 Å². The van der Waals surface area contributed by atoms with E-state index < -0.39 is 10.9 Å². The summed E-state index contributed by atoms with van der Waals surface area (Å²) in [6.07, 6.45) is 0. The Morgan fingerprint density at radius 3 is 2.31 bits per heavy atom. The third-order valence-electron chi connectivity index (χ3n) is 4.17. The number of nitrogens with zero attached hydrogens (tertiary/aromatic N) is 3. The van der Waals surface area contributed by atoms with Crippen LogP contribution in [-0.2, 0) is 4.74 Å². The second-order valence-electron chi connectivity index (χ2n) is 6.73. The molecule has 2 rings (SSSR count). The van der Waals surface area contributed by atoms with E-state index in [4.69, 9.17) is 4.74 Å². The predicted molar refractivity (Wildman–Crippen MR) is 96.2 cm³/mol. The van der Waals surface area contributed by atoms with Crippen LogP contribution in [-0.4, -0.2) is 65.9 Å². The molecule has 0 atom stereocenters. The molecule has 142 valence electrons. The zero-order chi connectivity index (χ0) is 19.3. The molecular weight excluding hydrogens is 338 g/mol. The summed E-state index contributed by atoms with van der Waals surface area (Å²) in [4.78, 5) is 39.2. The van der Waals surface area contributed by atoms with Crippen molar-refractivity contribution in [2.45, 2.75) is 20.8 Å². The van der Waals surface area contributed by atoms with Crippen LogP contribution in [0.1, 0.15) is 41.5 Å². The van der Waals surface area contributed by atoms with E-state index in [2.05, 4.69) is 18.7 Å². The third kappa shape index (κ3) is 5.01. The molecule has 1 aromatic carbocycles. The van der Waals surface area contributed by atoms with Gasteiger partial charge in [-0.3, -0.25) is 19.8 Å². The highest BCUT2D eigenvalue weighted by molar-refractivity contribution is 5.99. The molecule has 8 nitrogen and oxygen atoms in total. The molecule has 0 aliphatic carbocycles. The van der Waals surface area contributed by atoms with Gasteiger partial charge in [0.05, 0.1) is 17.1 Å². The molecule has 1 heterocycles. The molecule has 1 aliphatic rings. The zero-order valence-electron chi connectivity index (χ0n) is 15.4. The number of piperazine rings is 1. The molecule has 0 bridgehead atoms. The van der Waals surface area contributed by atoms with E-state index in [-0.39, 0.29) is 29.3 Å². The average molecular weight is 363 g/mol. The lowest BCUT2D eigenvalue weighted by molar-refractivity contribution is -0.384. The van der Waals surface area contributed by atoms with E-state index in [0.717, 1.165) is 25.7 Å². The predicted octanol–water partition coefficient (Wildman–Crippen LogP) is 2.19. The fourth-order valence-corrected chi connectivity index (χ4v) is 3.00. The Labute approximate surface area is 152 Å². The van der Waals surface area contributed by atoms with Gasteiger partial charge in [0.25, 0.3) is 11.6 Å². The number of hydrogen-bond acceptors (Lipinski definition) is 6. The lowest BCUT2D eigenvalue weighted by Gasteiger charge is -2.35. The first-order valence-corrected chi connectivity index (χ1v) is 8.80. The lowest BCUT2D eigenvalue weighted by atomic mass is 10.1. The number of carbonyl (C=O) groups is 2.